The molecule has 146 valence electrons. The van der Waals surface area contributed by atoms with Crippen molar-refractivity contribution >= 4 is 21.9 Å². The summed E-state index contributed by atoms with van der Waals surface area (Å²) in [4.78, 5) is 0. The lowest BCUT2D eigenvalue weighted by Crippen LogP contribution is -2.16. The number of para-hydroxylation sites is 1. The molecule has 0 saturated carbocycles. The Morgan fingerprint density at radius 3 is 2.10 bits per heavy atom. The van der Waals surface area contributed by atoms with Crippen LogP contribution in [0.3, 0.4) is 0 Å². The van der Waals surface area contributed by atoms with Gasteiger partial charge in [-0.05, 0) is 57.6 Å². The quantitative estimate of drug-likeness (QED) is 0.278. The predicted octanol–water partition coefficient (Wildman–Crippen LogP) is 8.23. The summed E-state index contributed by atoms with van der Waals surface area (Å²) in [6.07, 6.45) is 9.06. The molecule has 2 unspecified atom stereocenters. The van der Waals surface area contributed by atoms with E-state index in [0.29, 0.717) is 11.8 Å². The third-order valence-corrected chi connectivity index (χ3v) is 6.87. The zero-order chi connectivity index (χ0) is 20.4. The van der Waals surface area contributed by atoms with Crippen LogP contribution in [0.4, 0.5) is 0 Å². The second kappa shape index (κ2) is 6.33. The summed E-state index contributed by atoms with van der Waals surface area (Å²) in [5.41, 5.74) is 9.90. The zero-order valence-corrected chi connectivity index (χ0v) is 17.0. The van der Waals surface area contributed by atoms with Crippen molar-refractivity contribution in [3.05, 3.63) is 120 Å². The van der Waals surface area contributed by atoms with Crippen LogP contribution in [0.25, 0.3) is 44.2 Å². The van der Waals surface area contributed by atoms with Gasteiger partial charge in [-0.1, -0.05) is 85.0 Å². The van der Waals surface area contributed by atoms with Gasteiger partial charge in [-0.3, -0.25) is 0 Å². The SMILES string of the molecule is C1=CC2c3ccccc3-c3cc(-c4ccc5oc6ccccc6c5c4)ccc3C2C=C1. The Hall–Kier alpha value is -3.84. The fraction of sp³-hybridized carbons (Fsp3) is 0.0667. The van der Waals surface area contributed by atoms with Crippen molar-refractivity contribution in [1.82, 2.24) is 0 Å². The van der Waals surface area contributed by atoms with Crippen molar-refractivity contribution < 1.29 is 4.42 Å². The highest BCUT2D eigenvalue weighted by Gasteiger charge is 2.31. The van der Waals surface area contributed by atoms with Crippen LogP contribution in [-0.2, 0) is 0 Å². The first-order valence-electron chi connectivity index (χ1n) is 10.9. The molecule has 0 saturated heterocycles. The number of hydrogen-bond acceptors (Lipinski definition) is 1. The highest BCUT2D eigenvalue weighted by molar-refractivity contribution is 6.06. The summed E-state index contributed by atoms with van der Waals surface area (Å²) in [5, 5.41) is 2.34. The van der Waals surface area contributed by atoms with Crippen LogP contribution in [0.2, 0.25) is 0 Å². The van der Waals surface area contributed by atoms with E-state index in [1.807, 2.05) is 12.1 Å². The van der Waals surface area contributed by atoms with E-state index in [-0.39, 0.29) is 0 Å². The van der Waals surface area contributed by atoms with Gasteiger partial charge >= 0.3 is 0 Å². The van der Waals surface area contributed by atoms with Crippen LogP contribution in [0, 0.1) is 0 Å². The molecule has 2 aliphatic rings. The maximum atomic E-state index is 6.03. The predicted molar refractivity (Wildman–Crippen MR) is 128 cm³/mol. The molecule has 0 spiro atoms. The zero-order valence-electron chi connectivity index (χ0n) is 17.0. The summed E-state index contributed by atoms with van der Waals surface area (Å²) >= 11 is 0. The standard InChI is InChI=1S/C30H20O/c1-2-9-23-21(7-1)22-8-3-4-10-24(22)27-17-19(13-15-25(23)27)20-14-16-30-28(18-20)26-11-5-6-12-29(26)31-30/h1-18,21,23H. The number of allylic oxidation sites excluding steroid dienone is 4. The molecule has 0 fully saturated rings. The fourth-order valence-electron chi connectivity index (χ4n) is 5.40. The van der Waals surface area contributed by atoms with Crippen LogP contribution in [0.1, 0.15) is 23.0 Å². The Morgan fingerprint density at radius 2 is 1.19 bits per heavy atom. The molecule has 1 heteroatoms. The van der Waals surface area contributed by atoms with Crippen molar-refractivity contribution in [2.75, 3.05) is 0 Å². The first-order valence-corrected chi connectivity index (χ1v) is 10.9. The van der Waals surface area contributed by atoms with Gasteiger partial charge in [-0.15, -0.1) is 0 Å². The lowest BCUT2D eigenvalue weighted by atomic mass is 9.69. The first-order chi connectivity index (χ1) is 15.4. The van der Waals surface area contributed by atoms with Gasteiger partial charge in [0.25, 0.3) is 0 Å². The minimum absolute atomic E-state index is 0.407. The van der Waals surface area contributed by atoms with Crippen molar-refractivity contribution in [2.24, 2.45) is 0 Å². The normalized spacial score (nSPS) is 18.7. The molecule has 2 aliphatic carbocycles. The third kappa shape index (κ3) is 2.44. The third-order valence-electron chi connectivity index (χ3n) is 6.87. The van der Waals surface area contributed by atoms with E-state index >= 15 is 0 Å². The average Bonchev–Trinajstić information content (AvgIpc) is 3.22. The lowest BCUT2D eigenvalue weighted by Gasteiger charge is -2.34. The number of rotatable bonds is 1. The molecule has 31 heavy (non-hydrogen) atoms. The maximum Gasteiger partial charge on any atom is 0.135 e. The van der Waals surface area contributed by atoms with E-state index in [4.69, 9.17) is 4.42 Å². The molecule has 0 aliphatic heterocycles. The molecule has 0 radical (unpaired) electrons. The first kappa shape index (κ1) is 16.9. The van der Waals surface area contributed by atoms with Gasteiger partial charge in [0.2, 0.25) is 0 Å². The van der Waals surface area contributed by atoms with E-state index in [0.717, 1.165) is 11.2 Å². The van der Waals surface area contributed by atoms with Crippen molar-refractivity contribution in [2.45, 2.75) is 11.8 Å². The molecule has 7 rings (SSSR count). The van der Waals surface area contributed by atoms with E-state index in [1.54, 1.807) is 0 Å². The molecule has 1 nitrogen and oxygen atoms in total. The van der Waals surface area contributed by atoms with Gasteiger partial charge in [0.05, 0.1) is 0 Å². The molecule has 0 bridgehead atoms. The van der Waals surface area contributed by atoms with E-state index in [2.05, 4.69) is 97.1 Å². The molecule has 4 aromatic carbocycles. The van der Waals surface area contributed by atoms with Gasteiger partial charge in [-0.2, -0.15) is 0 Å². The lowest BCUT2D eigenvalue weighted by molar-refractivity contribution is 0.669. The van der Waals surface area contributed by atoms with Crippen LogP contribution >= 0.6 is 0 Å². The fourth-order valence-corrected chi connectivity index (χ4v) is 5.40. The van der Waals surface area contributed by atoms with Gasteiger partial charge in [0.1, 0.15) is 11.2 Å². The Kier molecular flexibility index (Phi) is 3.45. The Morgan fingerprint density at radius 1 is 0.516 bits per heavy atom. The van der Waals surface area contributed by atoms with Crippen LogP contribution in [0.15, 0.2) is 114 Å². The maximum absolute atomic E-state index is 6.03. The molecular formula is C30H20O. The number of hydrogen-bond donors (Lipinski definition) is 0. The van der Waals surface area contributed by atoms with Gasteiger partial charge < -0.3 is 4.42 Å². The number of fused-ring (bicyclic) bond motifs is 9. The Balaban J connectivity index is 1.43. The molecule has 0 N–H and O–H groups in total. The highest BCUT2D eigenvalue weighted by Crippen LogP contribution is 2.50. The minimum atomic E-state index is 0.407. The molecular weight excluding hydrogens is 376 g/mol. The number of furan rings is 1. The number of benzene rings is 4. The summed E-state index contributed by atoms with van der Waals surface area (Å²) in [6, 6.07) is 30.7. The topological polar surface area (TPSA) is 13.1 Å². The molecule has 0 amide bonds. The largest absolute Gasteiger partial charge is 0.456 e. The van der Waals surface area contributed by atoms with Crippen LogP contribution in [0.5, 0.6) is 0 Å². The van der Waals surface area contributed by atoms with Gasteiger partial charge in [-0.25, -0.2) is 0 Å². The molecule has 1 heterocycles. The van der Waals surface area contributed by atoms with Crippen molar-refractivity contribution in [3.63, 3.8) is 0 Å². The summed E-state index contributed by atoms with van der Waals surface area (Å²) < 4.78 is 6.03. The summed E-state index contributed by atoms with van der Waals surface area (Å²) in [6.45, 7) is 0. The van der Waals surface area contributed by atoms with Gasteiger partial charge in [0.15, 0.2) is 0 Å². The van der Waals surface area contributed by atoms with E-state index in [9.17, 15) is 0 Å². The smallest absolute Gasteiger partial charge is 0.135 e. The van der Waals surface area contributed by atoms with Crippen LogP contribution < -0.4 is 0 Å². The summed E-state index contributed by atoms with van der Waals surface area (Å²) in [5.74, 6) is 0.831. The Bertz CT molecular complexity index is 1550. The monoisotopic (exact) mass is 396 g/mol. The van der Waals surface area contributed by atoms with E-state index < -0.39 is 0 Å². The van der Waals surface area contributed by atoms with Crippen LogP contribution in [-0.4, -0.2) is 0 Å². The second-order valence-corrected chi connectivity index (χ2v) is 8.52. The minimum Gasteiger partial charge on any atom is -0.456 e. The average molecular weight is 396 g/mol. The van der Waals surface area contributed by atoms with Crippen molar-refractivity contribution in [3.8, 4) is 22.3 Å². The Labute approximate surface area is 181 Å². The molecule has 1 aromatic heterocycles. The highest BCUT2D eigenvalue weighted by atomic mass is 16.3. The molecule has 2 atom stereocenters. The second-order valence-electron chi connectivity index (χ2n) is 8.52. The van der Waals surface area contributed by atoms with Gasteiger partial charge in [0, 0.05) is 22.6 Å². The van der Waals surface area contributed by atoms with Crippen molar-refractivity contribution in [1.29, 1.82) is 0 Å². The molecule has 5 aromatic rings. The van der Waals surface area contributed by atoms with E-state index in [1.165, 1.54) is 44.2 Å². The summed E-state index contributed by atoms with van der Waals surface area (Å²) in [7, 11) is 0.